The molecule has 1 atom stereocenters. The first-order valence-electron chi connectivity index (χ1n) is 8.71. The Morgan fingerprint density at radius 2 is 1.85 bits per heavy atom. The van der Waals surface area contributed by atoms with E-state index < -0.39 is 0 Å². The molecule has 136 valence electrons. The second kappa shape index (κ2) is 8.49. The molecule has 3 amide bonds. The highest BCUT2D eigenvalue weighted by Gasteiger charge is 2.22. The standard InChI is InChI=1S/C20H23N3O3/c1-15-14-23(11-12-26-15)19(24)17-7-9-18(10-8-17)22-20(25)21-13-16-5-3-2-4-6-16/h2-10,15H,11-14H2,1H3,(H2,21,22,25). The maximum Gasteiger partial charge on any atom is 0.319 e. The second-order valence-corrected chi connectivity index (χ2v) is 6.30. The number of hydrogen-bond donors (Lipinski definition) is 2. The molecule has 2 aromatic rings. The molecular weight excluding hydrogens is 330 g/mol. The summed E-state index contributed by atoms with van der Waals surface area (Å²) < 4.78 is 5.46. The molecule has 0 bridgehead atoms. The Kier molecular flexibility index (Phi) is 5.86. The Hall–Kier alpha value is -2.86. The van der Waals surface area contributed by atoms with E-state index in [0.29, 0.717) is 37.5 Å². The molecule has 0 spiro atoms. The third-order valence-electron chi connectivity index (χ3n) is 4.21. The molecule has 1 aliphatic rings. The molecule has 2 aromatic carbocycles. The molecule has 0 aliphatic carbocycles. The number of nitrogens with one attached hydrogen (secondary N) is 2. The average molecular weight is 353 g/mol. The van der Waals surface area contributed by atoms with Crippen molar-refractivity contribution in [1.29, 1.82) is 0 Å². The monoisotopic (exact) mass is 353 g/mol. The zero-order valence-corrected chi connectivity index (χ0v) is 14.8. The number of urea groups is 1. The van der Waals surface area contributed by atoms with E-state index in [1.54, 1.807) is 29.2 Å². The first-order valence-corrected chi connectivity index (χ1v) is 8.71. The van der Waals surface area contributed by atoms with Crippen LogP contribution in [-0.4, -0.2) is 42.6 Å². The van der Waals surface area contributed by atoms with Crippen LogP contribution in [0.15, 0.2) is 54.6 Å². The minimum absolute atomic E-state index is 0.0137. The molecule has 26 heavy (non-hydrogen) atoms. The molecule has 1 saturated heterocycles. The van der Waals surface area contributed by atoms with Crippen LogP contribution in [0.1, 0.15) is 22.8 Å². The van der Waals surface area contributed by atoms with Gasteiger partial charge in [0.05, 0.1) is 12.7 Å². The Bertz CT molecular complexity index is 747. The summed E-state index contributed by atoms with van der Waals surface area (Å²) in [6.07, 6.45) is 0.0574. The summed E-state index contributed by atoms with van der Waals surface area (Å²) in [4.78, 5) is 26.3. The van der Waals surface area contributed by atoms with Crippen molar-refractivity contribution in [1.82, 2.24) is 10.2 Å². The number of carbonyl (C=O) groups is 2. The van der Waals surface area contributed by atoms with Crippen molar-refractivity contribution in [2.45, 2.75) is 19.6 Å². The average Bonchev–Trinajstić information content (AvgIpc) is 2.67. The normalized spacial score (nSPS) is 16.8. The Labute approximate surface area is 153 Å². The maximum absolute atomic E-state index is 12.5. The maximum atomic E-state index is 12.5. The quantitative estimate of drug-likeness (QED) is 0.888. The lowest BCUT2D eigenvalue weighted by molar-refractivity contribution is -0.0124. The summed E-state index contributed by atoms with van der Waals surface area (Å²) in [5.74, 6) is -0.0137. The lowest BCUT2D eigenvalue weighted by Gasteiger charge is -2.31. The molecule has 1 aliphatic heterocycles. The molecule has 0 saturated carbocycles. The first-order chi connectivity index (χ1) is 12.6. The van der Waals surface area contributed by atoms with Crippen LogP contribution in [-0.2, 0) is 11.3 Å². The van der Waals surface area contributed by atoms with Gasteiger partial charge in [-0.2, -0.15) is 0 Å². The predicted octanol–water partition coefficient (Wildman–Crippen LogP) is 2.87. The van der Waals surface area contributed by atoms with Gasteiger partial charge in [-0.05, 0) is 36.8 Å². The summed E-state index contributed by atoms with van der Waals surface area (Å²) >= 11 is 0. The molecule has 6 nitrogen and oxygen atoms in total. The summed E-state index contributed by atoms with van der Waals surface area (Å²) in [5, 5.41) is 5.57. The number of ether oxygens (including phenoxy) is 1. The molecule has 6 heteroatoms. The zero-order chi connectivity index (χ0) is 18.4. The fraction of sp³-hybridized carbons (Fsp3) is 0.300. The number of hydrogen-bond acceptors (Lipinski definition) is 3. The third kappa shape index (κ3) is 4.83. The van der Waals surface area contributed by atoms with Crippen LogP contribution < -0.4 is 10.6 Å². The fourth-order valence-corrected chi connectivity index (χ4v) is 2.84. The molecule has 1 unspecified atom stereocenters. The Morgan fingerprint density at radius 3 is 2.54 bits per heavy atom. The predicted molar refractivity (Wildman–Crippen MR) is 100 cm³/mol. The second-order valence-electron chi connectivity index (χ2n) is 6.30. The molecule has 0 aromatic heterocycles. The number of amides is 3. The highest BCUT2D eigenvalue weighted by Crippen LogP contribution is 2.14. The molecule has 3 rings (SSSR count). The number of benzene rings is 2. The molecule has 2 N–H and O–H groups in total. The SMILES string of the molecule is CC1CN(C(=O)c2ccc(NC(=O)NCc3ccccc3)cc2)CCO1. The smallest absolute Gasteiger partial charge is 0.319 e. The minimum Gasteiger partial charge on any atom is -0.375 e. The highest BCUT2D eigenvalue weighted by molar-refractivity contribution is 5.95. The van der Waals surface area contributed by atoms with Crippen molar-refractivity contribution >= 4 is 17.6 Å². The van der Waals surface area contributed by atoms with Gasteiger partial charge in [-0.1, -0.05) is 30.3 Å². The van der Waals surface area contributed by atoms with Crippen molar-refractivity contribution in [3.05, 3.63) is 65.7 Å². The van der Waals surface area contributed by atoms with Crippen LogP contribution in [0.4, 0.5) is 10.5 Å². The fourth-order valence-electron chi connectivity index (χ4n) is 2.84. The van der Waals surface area contributed by atoms with E-state index in [-0.39, 0.29) is 18.0 Å². The van der Waals surface area contributed by atoms with Gasteiger partial charge in [0.2, 0.25) is 0 Å². The van der Waals surface area contributed by atoms with E-state index in [1.807, 2.05) is 37.3 Å². The Morgan fingerprint density at radius 1 is 1.12 bits per heavy atom. The van der Waals surface area contributed by atoms with E-state index in [0.717, 1.165) is 5.56 Å². The van der Waals surface area contributed by atoms with Gasteiger partial charge in [-0.25, -0.2) is 4.79 Å². The van der Waals surface area contributed by atoms with Gasteiger partial charge >= 0.3 is 6.03 Å². The van der Waals surface area contributed by atoms with Gasteiger partial charge in [0.1, 0.15) is 0 Å². The van der Waals surface area contributed by atoms with Crippen LogP contribution in [0, 0.1) is 0 Å². The van der Waals surface area contributed by atoms with Crippen LogP contribution in [0.2, 0.25) is 0 Å². The van der Waals surface area contributed by atoms with Crippen LogP contribution in [0.5, 0.6) is 0 Å². The van der Waals surface area contributed by atoms with Crippen LogP contribution in [0.3, 0.4) is 0 Å². The number of rotatable bonds is 4. The highest BCUT2D eigenvalue weighted by atomic mass is 16.5. The van der Waals surface area contributed by atoms with E-state index >= 15 is 0 Å². The largest absolute Gasteiger partial charge is 0.375 e. The summed E-state index contributed by atoms with van der Waals surface area (Å²) in [6, 6.07) is 16.3. The molecule has 0 radical (unpaired) electrons. The van der Waals surface area contributed by atoms with Crippen LogP contribution >= 0.6 is 0 Å². The van der Waals surface area contributed by atoms with Gasteiger partial charge in [0, 0.05) is 30.9 Å². The van der Waals surface area contributed by atoms with Crippen molar-refractivity contribution in [3.8, 4) is 0 Å². The number of nitrogens with zero attached hydrogens (tertiary/aromatic N) is 1. The van der Waals surface area contributed by atoms with Gasteiger partial charge in [-0.15, -0.1) is 0 Å². The topological polar surface area (TPSA) is 70.7 Å². The third-order valence-corrected chi connectivity index (χ3v) is 4.21. The van der Waals surface area contributed by atoms with Gasteiger partial charge < -0.3 is 20.3 Å². The summed E-state index contributed by atoms with van der Waals surface area (Å²) in [7, 11) is 0. The lowest BCUT2D eigenvalue weighted by atomic mass is 10.1. The first kappa shape index (κ1) is 17.9. The molecule has 1 heterocycles. The van der Waals surface area contributed by atoms with Gasteiger partial charge in [0.15, 0.2) is 0 Å². The number of morpholine rings is 1. The molecule has 1 fully saturated rings. The zero-order valence-electron chi connectivity index (χ0n) is 14.8. The van der Waals surface area contributed by atoms with Gasteiger partial charge in [0.25, 0.3) is 5.91 Å². The van der Waals surface area contributed by atoms with E-state index in [1.165, 1.54) is 0 Å². The van der Waals surface area contributed by atoms with Crippen molar-refractivity contribution in [2.24, 2.45) is 0 Å². The van der Waals surface area contributed by atoms with Gasteiger partial charge in [-0.3, -0.25) is 4.79 Å². The summed E-state index contributed by atoms with van der Waals surface area (Å²) in [6.45, 7) is 4.18. The summed E-state index contributed by atoms with van der Waals surface area (Å²) in [5.41, 5.74) is 2.28. The van der Waals surface area contributed by atoms with Crippen molar-refractivity contribution in [2.75, 3.05) is 25.0 Å². The van der Waals surface area contributed by atoms with E-state index in [9.17, 15) is 9.59 Å². The molecular formula is C20H23N3O3. The van der Waals surface area contributed by atoms with Crippen molar-refractivity contribution in [3.63, 3.8) is 0 Å². The number of carbonyl (C=O) groups excluding carboxylic acids is 2. The van der Waals surface area contributed by atoms with Crippen molar-refractivity contribution < 1.29 is 14.3 Å². The minimum atomic E-state index is -0.282. The lowest BCUT2D eigenvalue weighted by Crippen LogP contribution is -2.44. The number of anilines is 1. The Balaban J connectivity index is 1.52. The van der Waals surface area contributed by atoms with E-state index in [4.69, 9.17) is 4.74 Å². The van der Waals surface area contributed by atoms with E-state index in [2.05, 4.69) is 10.6 Å². The van der Waals surface area contributed by atoms with Crippen LogP contribution in [0.25, 0.3) is 0 Å².